The highest BCUT2D eigenvalue weighted by Crippen LogP contribution is 2.30. The van der Waals surface area contributed by atoms with E-state index in [4.69, 9.17) is 11.6 Å². The number of amides is 1. The number of rotatable bonds is 3. The van der Waals surface area contributed by atoms with E-state index < -0.39 is 0 Å². The van der Waals surface area contributed by atoms with Crippen molar-refractivity contribution in [2.75, 3.05) is 23.3 Å². The fourth-order valence-electron chi connectivity index (χ4n) is 3.65. The van der Waals surface area contributed by atoms with Gasteiger partial charge < -0.3 is 10.2 Å². The third-order valence-corrected chi connectivity index (χ3v) is 5.29. The predicted octanol–water partition coefficient (Wildman–Crippen LogP) is 5.74. The number of para-hydroxylation sites is 2. The molecule has 1 amide bonds. The van der Waals surface area contributed by atoms with Gasteiger partial charge in [0.1, 0.15) is 0 Å². The normalized spacial score (nSPS) is 14.4. The van der Waals surface area contributed by atoms with Gasteiger partial charge in [-0.05, 0) is 48.9 Å². The highest BCUT2D eigenvalue weighted by Gasteiger charge is 2.17. The Morgan fingerprint density at radius 2 is 1.58 bits per heavy atom. The Labute approximate surface area is 158 Å². The van der Waals surface area contributed by atoms with Crippen LogP contribution in [0.2, 0.25) is 5.02 Å². The summed E-state index contributed by atoms with van der Waals surface area (Å²) in [5.74, 6) is -0.109. The molecule has 3 aromatic carbocycles. The molecule has 0 saturated carbocycles. The number of anilines is 2. The van der Waals surface area contributed by atoms with Crippen LogP contribution in [-0.4, -0.2) is 19.0 Å². The van der Waals surface area contributed by atoms with Gasteiger partial charge in [0.15, 0.2) is 0 Å². The van der Waals surface area contributed by atoms with E-state index in [0.29, 0.717) is 10.6 Å². The number of nitrogens with one attached hydrogen (secondary N) is 1. The fraction of sp³-hybridized carbons (Fsp3) is 0.227. The highest BCUT2D eigenvalue weighted by molar-refractivity contribution is 6.36. The molecule has 0 aromatic heterocycles. The number of carbonyl (C=O) groups is 1. The molecular formula is C22H21ClN2O. The number of piperidine rings is 1. The van der Waals surface area contributed by atoms with E-state index in [1.165, 1.54) is 19.3 Å². The average molecular weight is 365 g/mol. The zero-order valence-electron chi connectivity index (χ0n) is 14.5. The lowest BCUT2D eigenvalue weighted by Crippen LogP contribution is -2.30. The Morgan fingerprint density at radius 3 is 2.42 bits per heavy atom. The summed E-state index contributed by atoms with van der Waals surface area (Å²) in [5.41, 5.74) is 2.59. The van der Waals surface area contributed by atoms with Gasteiger partial charge in [-0.1, -0.05) is 48.0 Å². The molecule has 0 unspecified atom stereocenters. The number of carbonyl (C=O) groups excluding carboxylic acids is 1. The molecule has 1 saturated heterocycles. The topological polar surface area (TPSA) is 32.3 Å². The lowest BCUT2D eigenvalue weighted by molar-refractivity contribution is 0.102. The first-order valence-electron chi connectivity index (χ1n) is 9.06. The van der Waals surface area contributed by atoms with E-state index in [9.17, 15) is 4.79 Å². The van der Waals surface area contributed by atoms with Crippen LogP contribution in [-0.2, 0) is 0 Å². The van der Waals surface area contributed by atoms with Crippen LogP contribution in [0.1, 0.15) is 29.6 Å². The monoisotopic (exact) mass is 364 g/mol. The minimum Gasteiger partial charge on any atom is -0.370 e. The Morgan fingerprint density at radius 1 is 0.846 bits per heavy atom. The van der Waals surface area contributed by atoms with E-state index >= 15 is 0 Å². The maximum absolute atomic E-state index is 13.0. The van der Waals surface area contributed by atoms with Crippen LogP contribution in [0.4, 0.5) is 11.4 Å². The molecule has 3 nitrogen and oxygen atoms in total. The minimum absolute atomic E-state index is 0.109. The maximum atomic E-state index is 13.0. The molecule has 0 radical (unpaired) electrons. The summed E-state index contributed by atoms with van der Waals surface area (Å²) in [5, 5.41) is 5.53. The maximum Gasteiger partial charge on any atom is 0.256 e. The standard InChI is InChI=1S/C22H21ClN2O/c23-19-11-7-8-16-17(19)9-6-10-18(16)22(26)24-20-12-2-3-13-21(20)25-14-4-1-5-15-25/h2-3,6-13H,1,4-5,14-15H2,(H,24,26). The summed E-state index contributed by atoms with van der Waals surface area (Å²) < 4.78 is 0. The van der Waals surface area contributed by atoms with E-state index in [2.05, 4.69) is 16.3 Å². The third kappa shape index (κ3) is 3.27. The summed E-state index contributed by atoms with van der Waals surface area (Å²) in [7, 11) is 0. The summed E-state index contributed by atoms with van der Waals surface area (Å²) >= 11 is 6.28. The highest BCUT2D eigenvalue weighted by atomic mass is 35.5. The molecule has 0 bridgehead atoms. The molecule has 1 fully saturated rings. The number of benzene rings is 3. The number of fused-ring (bicyclic) bond motifs is 1. The molecule has 4 heteroatoms. The van der Waals surface area contributed by atoms with Crippen LogP contribution in [0, 0.1) is 0 Å². The summed E-state index contributed by atoms with van der Waals surface area (Å²) in [4.78, 5) is 15.4. The molecule has 0 aliphatic carbocycles. The Bertz CT molecular complexity index is 948. The zero-order chi connectivity index (χ0) is 17.9. The van der Waals surface area contributed by atoms with Crippen molar-refractivity contribution in [2.45, 2.75) is 19.3 Å². The Kier molecular flexibility index (Phi) is 4.81. The molecule has 1 aliphatic heterocycles. The molecule has 0 atom stereocenters. The van der Waals surface area contributed by atoms with Gasteiger partial charge >= 0.3 is 0 Å². The lowest BCUT2D eigenvalue weighted by atomic mass is 10.0. The van der Waals surface area contributed by atoms with Crippen molar-refractivity contribution in [3.05, 3.63) is 71.2 Å². The summed E-state index contributed by atoms with van der Waals surface area (Å²) in [6.07, 6.45) is 3.68. The van der Waals surface area contributed by atoms with Crippen molar-refractivity contribution >= 4 is 39.7 Å². The van der Waals surface area contributed by atoms with Gasteiger partial charge in [-0.15, -0.1) is 0 Å². The average Bonchev–Trinajstić information content (AvgIpc) is 2.69. The molecule has 0 spiro atoms. The first-order chi connectivity index (χ1) is 12.7. The van der Waals surface area contributed by atoms with Gasteiger partial charge in [0, 0.05) is 29.1 Å². The van der Waals surface area contributed by atoms with Crippen LogP contribution in [0.5, 0.6) is 0 Å². The van der Waals surface area contributed by atoms with Crippen LogP contribution in [0.25, 0.3) is 10.8 Å². The van der Waals surface area contributed by atoms with Crippen LogP contribution >= 0.6 is 11.6 Å². The lowest BCUT2D eigenvalue weighted by Gasteiger charge is -2.30. The number of nitrogens with zero attached hydrogens (tertiary/aromatic N) is 1. The second kappa shape index (κ2) is 7.38. The van der Waals surface area contributed by atoms with Crippen molar-refractivity contribution in [3.8, 4) is 0 Å². The SMILES string of the molecule is O=C(Nc1ccccc1N1CCCCC1)c1cccc2c(Cl)cccc12. The minimum atomic E-state index is -0.109. The quantitative estimate of drug-likeness (QED) is 0.643. The van der Waals surface area contributed by atoms with Gasteiger partial charge in [0.25, 0.3) is 5.91 Å². The third-order valence-electron chi connectivity index (χ3n) is 4.96. The van der Waals surface area contributed by atoms with Gasteiger partial charge in [-0.25, -0.2) is 0 Å². The second-order valence-electron chi connectivity index (χ2n) is 6.66. The molecule has 3 aromatic rings. The van der Waals surface area contributed by atoms with Crippen molar-refractivity contribution in [2.24, 2.45) is 0 Å². The second-order valence-corrected chi connectivity index (χ2v) is 7.07. The van der Waals surface area contributed by atoms with E-state index in [-0.39, 0.29) is 5.91 Å². The van der Waals surface area contributed by atoms with Crippen molar-refractivity contribution in [3.63, 3.8) is 0 Å². The van der Waals surface area contributed by atoms with Crippen LogP contribution in [0.15, 0.2) is 60.7 Å². The molecular weight excluding hydrogens is 344 g/mol. The number of hydrogen-bond acceptors (Lipinski definition) is 2. The molecule has 26 heavy (non-hydrogen) atoms. The van der Waals surface area contributed by atoms with Crippen molar-refractivity contribution in [1.82, 2.24) is 0 Å². The fourth-order valence-corrected chi connectivity index (χ4v) is 3.89. The predicted molar refractivity (Wildman–Crippen MR) is 109 cm³/mol. The molecule has 132 valence electrons. The van der Waals surface area contributed by atoms with Crippen LogP contribution < -0.4 is 10.2 Å². The zero-order valence-corrected chi connectivity index (χ0v) is 15.3. The van der Waals surface area contributed by atoms with E-state index in [1.807, 2.05) is 54.6 Å². The molecule has 1 heterocycles. The summed E-state index contributed by atoms with van der Waals surface area (Å²) in [6, 6.07) is 19.4. The van der Waals surface area contributed by atoms with Crippen molar-refractivity contribution in [1.29, 1.82) is 0 Å². The smallest absolute Gasteiger partial charge is 0.256 e. The van der Waals surface area contributed by atoms with Gasteiger partial charge in [0.2, 0.25) is 0 Å². The Balaban J connectivity index is 1.67. The number of hydrogen-bond donors (Lipinski definition) is 1. The first-order valence-corrected chi connectivity index (χ1v) is 9.44. The largest absolute Gasteiger partial charge is 0.370 e. The van der Waals surface area contributed by atoms with Crippen LogP contribution in [0.3, 0.4) is 0 Å². The van der Waals surface area contributed by atoms with E-state index in [1.54, 1.807) is 0 Å². The summed E-state index contributed by atoms with van der Waals surface area (Å²) in [6.45, 7) is 2.08. The number of halogens is 1. The van der Waals surface area contributed by atoms with Crippen molar-refractivity contribution < 1.29 is 4.79 Å². The van der Waals surface area contributed by atoms with E-state index in [0.717, 1.165) is 35.2 Å². The molecule has 1 N–H and O–H groups in total. The van der Waals surface area contributed by atoms with Gasteiger partial charge in [-0.3, -0.25) is 4.79 Å². The molecule has 1 aliphatic rings. The van der Waals surface area contributed by atoms with Gasteiger partial charge in [-0.2, -0.15) is 0 Å². The Hall–Kier alpha value is -2.52. The van der Waals surface area contributed by atoms with Gasteiger partial charge in [0.05, 0.1) is 11.4 Å². The first kappa shape index (κ1) is 16.9. The molecule has 4 rings (SSSR count).